The number of hydrogen-bond donors (Lipinski definition) is 1. The molecule has 1 fully saturated rings. The molecule has 0 bridgehead atoms. The van der Waals surface area contributed by atoms with Crippen molar-refractivity contribution in [3.05, 3.63) is 23.8 Å². The van der Waals surface area contributed by atoms with Crippen LogP contribution in [0.3, 0.4) is 0 Å². The predicted octanol–water partition coefficient (Wildman–Crippen LogP) is 1.82. The lowest BCUT2D eigenvalue weighted by molar-refractivity contribution is 0.146. The van der Waals surface area contributed by atoms with Gasteiger partial charge in [0.15, 0.2) is 0 Å². The molecular formula is C15H24N2O2. The highest BCUT2D eigenvalue weighted by Crippen LogP contribution is 2.25. The second-order valence-corrected chi connectivity index (χ2v) is 5.09. The summed E-state index contributed by atoms with van der Waals surface area (Å²) in [7, 11) is 1.69. The predicted molar refractivity (Wildman–Crippen MR) is 78.2 cm³/mol. The van der Waals surface area contributed by atoms with Crippen molar-refractivity contribution in [2.24, 2.45) is 0 Å². The van der Waals surface area contributed by atoms with Crippen molar-refractivity contribution in [1.82, 2.24) is 5.32 Å². The van der Waals surface area contributed by atoms with Crippen LogP contribution >= 0.6 is 0 Å². The maximum atomic E-state index is 5.68. The molecule has 2 rings (SSSR count). The first kappa shape index (κ1) is 14.2. The molecule has 1 aromatic rings. The van der Waals surface area contributed by atoms with Crippen LogP contribution in [-0.4, -0.2) is 46.0 Å². The lowest BCUT2D eigenvalue weighted by atomic mass is 10.1. The van der Waals surface area contributed by atoms with E-state index in [0.717, 1.165) is 25.4 Å². The number of methoxy groups -OCH3 is 1. The van der Waals surface area contributed by atoms with Gasteiger partial charge in [0, 0.05) is 38.5 Å². The molecule has 0 radical (unpaired) electrons. The van der Waals surface area contributed by atoms with Gasteiger partial charge >= 0.3 is 0 Å². The van der Waals surface area contributed by atoms with Gasteiger partial charge in [-0.05, 0) is 37.6 Å². The van der Waals surface area contributed by atoms with E-state index < -0.39 is 0 Å². The molecular weight excluding hydrogens is 240 g/mol. The monoisotopic (exact) mass is 264 g/mol. The molecule has 1 atom stereocenters. The van der Waals surface area contributed by atoms with Gasteiger partial charge in [-0.25, -0.2) is 0 Å². The molecule has 0 aromatic heterocycles. The lowest BCUT2D eigenvalue weighted by Crippen LogP contribution is -2.49. The summed E-state index contributed by atoms with van der Waals surface area (Å²) in [6.07, 6.45) is 0. The highest BCUT2D eigenvalue weighted by atomic mass is 16.5. The molecule has 106 valence electrons. The van der Waals surface area contributed by atoms with Crippen LogP contribution in [0, 0.1) is 6.92 Å². The number of aryl methyl sites for hydroxylation is 1. The Morgan fingerprint density at radius 3 is 2.89 bits per heavy atom. The molecule has 4 nitrogen and oxygen atoms in total. The van der Waals surface area contributed by atoms with Crippen molar-refractivity contribution >= 4 is 5.69 Å². The molecule has 1 aromatic carbocycles. The van der Waals surface area contributed by atoms with E-state index in [-0.39, 0.29) is 0 Å². The van der Waals surface area contributed by atoms with Crippen molar-refractivity contribution in [1.29, 1.82) is 0 Å². The first-order valence-corrected chi connectivity index (χ1v) is 6.91. The molecule has 0 unspecified atom stereocenters. The Morgan fingerprint density at radius 2 is 2.21 bits per heavy atom. The standard InChI is InChI=1S/C15H24N2O2/c1-12-10-14(17-7-6-16-13(2)11-17)4-5-15(12)19-9-8-18-3/h4-5,10,13,16H,6-9,11H2,1-3H3/t13-/m1/s1. The maximum absolute atomic E-state index is 5.68. The number of benzene rings is 1. The normalized spacial score (nSPS) is 19.5. The van der Waals surface area contributed by atoms with Crippen LogP contribution in [0.5, 0.6) is 5.75 Å². The Hall–Kier alpha value is -1.26. The van der Waals surface area contributed by atoms with Crippen LogP contribution in [-0.2, 0) is 4.74 Å². The van der Waals surface area contributed by atoms with Crippen molar-refractivity contribution in [3.8, 4) is 5.75 Å². The average molecular weight is 264 g/mol. The number of nitrogens with zero attached hydrogens (tertiary/aromatic N) is 1. The number of rotatable bonds is 5. The summed E-state index contributed by atoms with van der Waals surface area (Å²) < 4.78 is 10.7. The second kappa shape index (κ2) is 6.78. The average Bonchev–Trinajstić information content (AvgIpc) is 2.41. The maximum Gasteiger partial charge on any atom is 0.122 e. The summed E-state index contributed by atoms with van der Waals surface area (Å²) >= 11 is 0. The van der Waals surface area contributed by atoms with Crippen LogP contribution in [0.1, 0.15) is 12.5 Å². The highest BCUT2D eigenvalue weighted by Gasteiger charge is 2.16. The number of ether oxygens (including phenoxy) is 2. The summed E-state index contributed by atoms with van der Waals surface area (Å²) in [6.45, 7) is 8.71. The third-order valence-electron chi connectivity index (χ3n) is 3.44. The first-order chi connectivity index (χ1) is 9.20. The SMILES string of the molecule is COCCOc1ccc(N2CCN[C@H](C)C2)cc1C. The minimum atomic E-state index is 0.548. The Morgan fingerprint density at radius 1 is 1.37 bits per heavy atom. The zero-order valence-electron chi connectivity index (χ0n) is 12.1. The van der Waals surface area contributed by atoms with E-state index in [1.165, 1.54) is 11.3 Å². The summed E-state index contributed by atoms with van der Waals surface area (Å²) in [6, 6.07) is 6.96. The Labute approximate surface area is 115 Å². The lowest BCUT2D eigenvalue weighted by Gasteiger charge is -2.34. The van der Waals surface area contributed by atoms with Crippen molar-refractivity contribution in [2.45, 2.75) is 19.9 Å². The minimum Gasteiger partial charge on any atom is -0.491 e. The molecule has 0 aliphatic carbocycles. The van der Waals surface area contributed by atoms with Gasteiger partial charge in [-0.1, -0.05) is 0 Å². The molecule has 19 heavy (non-hydrogen) atoms. The highest BCUT2D eigenvalue weighted by molar-refractivity contribution is 5.53. The van der Waals surface area contributed by atoms with E-state index in [1.807, 2.05) is 0 Å². The fraction of sp³-hybridized carbons (Fsp3) is 0.600. The molecule has 0 amide bonds. The topological polar surface area (TPSA) is 33.7 Å². The summed E-state index contributed by atoms with van der Waals surface area (Å²) in [5, 5.41) is 3.46. The van der Waals surface area contributed by atoms with Gasteiger partial charge in [0.05, 0.1) is 6.61 Å². The Kier molecular flexibility index (Phi) is 5.05. The summed E-state index contributed by atoms with van der Waals surface area (Å²) in [5.41, 5.74) is 2.46. The van der Waals surface area contributed by atoms with E-state index in [1.54, 1.807) is 7.11 Å². The van der Waals surface area contributed by atoms with Gasteiger partial charge in [0.25, 0.3) is 0 Å². The molecule has 1 aliphatic heterocycles. The first-order valence-electron chi connectivity index (χ1n) is 6.91. The third-order valence-corrected chi connectivity index (χ3v) is 3.44. The van der Waals surface area contributed by atoms with Gasteiger partial charge in [-0.15, -0.1) is 0 Å². The van der Waals surface area contributed by atoms with Crippen molar-refractivity contribution in [2.75, 3.05) is 44.9 Å². The van der Waals surface area contributed by atoms with E-state index >= 15 is 0 Å². The number of nitrogens with one attached hydrogen (secondary N) is 1. The van der Waals surface area contributed by atoms with E-state index in [4.69, 9.17) is 9.47 Å². The molecule has 0 saturated carbocycles. The van der Waals surface area contributed by atoms with Gasteiger partial charge in [0.2, 0.25) is 0 Å². The molecule has 1 aliphatic rings. The zero-order valence-corrected chi connectivity index (χ0v) is 12.1. The Bertz CT molecular complexity index is 409. The fourth-order valence-corrected chi connectivity index (χ4v) is 2.39. The van der Waals surface area contributed by atoms with Crippen LogP contribution in [0.2, 0.25) is 0 Å². The smallest absolute Gasteiger partial charge is 0.122 e. The second-order valence-electron chi connectivity index (χ2n) is 5.09. The van der Waals surface area contributed by atoms with Gasteiger partial charge in [-0.3, -0.25) is 0 Å². The Balaban J connectivity index is 2.01. The van der Waals surface area contributed by atoms with Gasteiger partial charge in [0.1, 0.15) is 12.4 Å². The minimum absolute atomic E-state index is 0.548. The van der Waals surface area contributed by atoms with Crippen LogP contribution in [0.15, 0.2) is 18.2 Å². The number of piperazine rings is 1. The van der Waals surface area contributed by atoms with Crippen molar-refractivity contribution < 1.29 is 9.47 Å². The van der Waals surface area contributed by atoms with Gasteiger partial charge < -0.3 is 19.7 Å². The molecule has 4 heteroatoms. The van der Waals surface area contributed by atoms with E-state index in [9.17, 15) is 0 Å². The zero-order chi connectivity index (χ0) is 13.7. The molecule has 0 spiro atoms. The van der Waals surface area contributed by atoms with Crippen LogP contribution < -0.4 is 15.0 Å². The van der Waals surface area contributed by atoms with Crippen LogP contribution in [0.25, 0.3) is 0 Å². The third kappa shape index (κ3) is 3.85. The van der Waals surface area contributed by atoms with E-state index in [0.29, 0.717) is 19.3 Å². The summed E-state index contributed by atoms with van der Waals surface area (Å²) in [4.78, 5) is 2.42. The molecule has 1 N–H and O–H groups in total. The fourth-order valence-electron chi connectivity index (χ4n) is 2.39. The molecule has 1 heterocycles. The quantitative estimate of drug-likeness (QED) is 0.823. The van der Waals surface area contributed by atoms with Crippen molar-refractivity contribution in [3.63, 3.8) is 0 Å². The molecule has 1 saturated heterocycles. The summed E-state index contributed by atoms with van der Waals surface area (Å²) in [5.74, 6) is 0.948. The number of anilines is 1. The largest absolute Gasteiger partial charge is 0.491 e. The van der Waals surface area contributed by atoms with Crippen LogP contribution in [0.4, 0.5) is 5.69 Å². The van der Waals surface area contributed by atoms with E-state index in [2.05, 4.69) is 42.3 Å². The van der Waals surface area contributed by atoms with Gasteiger partial charge in [-0.2, -0.15) is 0 Å². The number of hydrogen-bond acceptors (Lipinski definition) is 4.